The second-order valence-electron chi connectivity index (χ2n) is 6.47. The average molecular weight is 351 g/mol. The molecule has 0 aliphatic carbocycles. The lowest BCUT2D eigenvalue weighted by atomic mass is 10.0. The Bertz CT molecular complexity index is 1240. The van der Waals surface area contributed by atoms with Gasteiger partial charge in [-0.05, 0) is 53.6 Å². The average Bonchev–Trinajstić information content (AvgIpc) is 3.02. The Labute approximate surface area is 157 Å². The van der Waals surface area contributed by atoms with Gasteiger partial charge >= 0.3 is 0 Å². The molecule has 0 unspecified atom stereocenters. The van der Waals surface area contributed by atoms with E-state index in [-0.39, 0.29) is 0 Å². The fraction of sp³-hybridized carbons (Fsp3) is 0. The van der Waals surface area contributed by atoms with Gasteiger partial charge in [-0.25, -0.2) is 0 Å². The third-order valence-electron chi connectivity index (χ3n) is 4.87. The van der Waals surface area contributed by atoms with Gasteiger partial charge in [-0.2, -0.15) is 0 Å². The SMILES string of the molecule is Sc1cccc(-c2ccc3c(c2)c2ccccc2n3-c2ccccc2)c1. The number of para-hydroxylation sites is 2. The smallest absolute Gasteiger partial charge is 0.0541 e. The Hall–Kier alpha value is -2.97. The second kappa shape index (κ2) is 6.08. The van der Waals surface area contributed by atoms with Crippen LogP contribution in [0.5, 0.6) is 0 Å². The van der Waals surface area contributed by atoms with Gasteiger partial charge in [0.25, 0.3) is 0 Å². The predicted octanol–water partition coefficient (Wildman–Crippen LogP) is 6.74. The summed E-state index contributed by atoms with van der Waals surface area (Å²) in [5, 5.41) is 2.54. The molecule has 124 valence electrons. The first-order valence-corrected chi connectivity index (χ1v) is 9.14. The van der Waals surface area contributed by atoms with Crippen LogP contribution in [0.25, 0.3) is 38.6 Å². The molecular formula is C24H17NS. The predicted molar refractivity (Wildman–Crippen MR) is 113 cm³/mol. The Morgan fingerprint density at radius 1 is 0.538 bits per heavy atom. The molecular weight excluding hydrogens is 334 g/mol. The third kappa shape index (κ3) is 2.42. The standard InChI is InChI=1S/C24H17NS/c26-20-10-6-7-17(15-20)18-13-14-24-22(16-18)21-11-4-5-12-23(21)25(24)19-8-2-1-3-9-19/h1-16,26H. The maximum atomic E-state index is 4.48. The number of fused-ring (bicyclic) bond motifs is 3. The lowest BCUT2D eigenvalue weighted by molar-refractivity contribution is 1.18. The number of thiol groups is 1. The van der Waals surface area contributed by atoms with E-state index in [1.165, 1.54) is 38.6 Å². The highest BCUT2D eigenvalue weighted by molar-refractivity contribution is 7.80. The molecule has 0 saturated heterocycles. The zero-order valence-electron chi connectivity index (χ0n) is 14.1. The summed E-state index contributed by atoms with van der Waals surface area (Å²) in [6.45, 7) is 0. The molecule has 0 bridgehead atoms. The Balaban J connectivity index is 1.84. The van der Waals surface area contributed by atoms with Crippen LogP contribution in [0, 0.1) is 0 Å². The first-order valence-electron chi connectivity index (χ1n) is 8.69. The number of benzene rings is 4. The van der Waals surface area contributed by atoms with Crippen molar-refractivity contribution < 1.29 is 0 Å². The fourth-order valence-electron chi connectivity index (χ4n) is 3.69. The number of nitrogens with zero attached hydrogens (tertiary/aromatic N) is 1. The molecule has 4 aromatic carbocycles. The summed E-state index contributed by atoms with van der Waals surface area (Å²) < 4.78 is 2.34. The van der Waals surface area contributed by atoms with Gasteiger partial charge < -0.3 is 4.57 Å². The van der Waals surface area contributed by atoms with Crippen molar-refractivity contribution in [3.05, 3.63) is 97.1 Å². The molecule has 1 aromatic heterocycles. The summed E-state index contributed by atoms with van der Waals surface area (Å²) in [6, 6.07) is 34.2. The van der Waals surface area contributed by atoms with Crippen LogP contribution in [0.1, 0.15) is 0 Å². The Kier molecular flexibility index (Phi) is 3.58. The van der Waals surface area contributed by atoms with E-state index in [9.17, 15) is 0 Å². The molecule has 1 heterocycles. The zero-order chi connectivity index (χ0) is 17.5. The van der Waals surface area contributed by atoms with Crippen LogP contribution in [0.4, 0.5) is 0 Å². The van der Waals surface area contributed by atoms with Crippen molar-refractivity contribution in [3.8, 4) is 16.8 Å². The molecule has 0 amide bonds. The van der Waals surface area contributed by atoms with Crippen LogP contribution < -0.4 is 0 Å². The van der Waals surface area contributed by atoms with E-state index in [2.05, 4.69) is 108 Å². The van der Waals surface area contributed by atoms with Crippen LogP contribution in [0.3, 0.4) is 0 Å². The van der Waals surface area contributed by atoms with E-state index < -0.39 is 0 Å². The lowest BCUT2D eigenvalue weighted by Crippen LogP contribution is -1.92. The number of aromatic nitrogens is 1. The molecule has 5 rings (SSSR count). The topological polar surface area (TPSA) is 4.93 Å². The van der Waals surface area contributed by atoms with Gasteiger partial charge in [0.1, 0.15) is 0 Å². The molecule has 0 radical (unpaired) electrons. The van der Waals surface area contributed by atoms with E-state index in [1.54, 1.807) is 0 Å². The molecule has 0 aliphatic rings. The van der Waals surface area contributed by atoms with E-state index in [4.69, 9.17) is 0 Å². The van der Waals surface area contributed by atoms with Crippen molar-refractivity contribution in [2.45, 2.75) is 4.90 Å². The van der Waals surface area contributed by atoms with Crippen molar-refractivity contribution in [1.29, 1.82) is 0 Å². The van der Waals surface area contributed by atoms with Gasteiger partial charge in [-0.3, -0.25) is 0 Å². The summed E-state index contributed by atoms with van der Waals surface area (Å²) in [4.78, 5) is 0.981. The molecule has 1 nitrogen and oxygen atoms in total. The van der Waals surface area contributed by atoms with Crippen molar-refractivity contribution >= 4 is 34.4 Å². The first-order chi connectivity index (χ1) is 12.8. The summed E-state index contributed by atoms with van der Waals surface area (Å²) in [6.07, 6.45) is 0. The van der Waals surface area contributed by atoms with E-state index >= 15 is 0 Å². The zero-order valence-corrected chi connectivity index (χ0v) is 15.0. The van der Waals surface area contributed by atoms with Crippen molar-refractivity contribution in [2.24, 2.45) is 0 Å². The second-order valence-corrected chi connectivity index (χ2v) is 6.99. The van der Waals surface area contributed by atoms with Gasteiger partial charge in [-0.15, -0.1) is 12.6 Å². The fourth-order valence-corrected chi connectivity index (χ4v) is 3.92. The highest BCUT2D eigenvalue weighted by Crippen LogP contribution is 2.35. The highest BCUT2D eigenvalue weighted by atomic mass is 32.1. The van der Waals surface area contributed by atoms with Gasteiger partial charge in [0.05, 0.1) is 11.0 Å². The minimum Gasteiger partial charge on any atom is -0.309 e. The van der Waals surface area contributed by atoms with Gasteiger partial charge in [0, 0.05) is 21.4 Å². The largest absolute Gasteiger partial charge is 0.309 e. The molecule has 0 aliphatic heterocycles. The Morgan fingerprint density at radius 3 is 2.12 bits per heavy atom. The molecule has 0 atom stereocenters. The molecule has 0 N–H and O–H groups in total. The van der Waals surface area contributed by atoms with Crippen LogP contribution >= 0.6 is 12.6 Å². The number of rotatable bonds is 2. The summed E-state index contributed by atoms with van der Waals surface area (Å²) in [5.74, 6) is 0. The van der Waals surface area contributed by atoms with E-state index in [1.807, 2.05) is 6.07 Å². The van der Waals surface area contributed by atoms with Crippen molar-refractivity contribution in [3.63, 3.8) is 0 Å². The van der Waals surface area contributed by atoms with E-state index in [0.717, 1.165) is 4.90 Å². The minimum atomic E-state index is 0.981. The molecule has 26 heavy (non-hydrogen) atoms. The molecule has 5 aromatic rings. The molecule has 0 saturated carbocycles. The minimum absolute atomic E-state index is 0.981. The van der Waals surface area contributed by atoms with Crippen LogP contribution in [-0.4, -0.2) is 4.57 Å². The first kappa shape index (κ1) is 15.3. The highest BCUT2D eigenvalue weighted by Gasteiger charge is 2.12. The van der Waals surface area contributed by atoms with Gasteiger partial charge in [0.15, 0.2) is 0 Å². The quantitative estimate of drug-likeness (QED) is 0.336. The third-order valence-corrected chi connectivity index (χ3v) is 5.14. The number of hydrogen-bond acceptors (Lipinski definition) is 1. The normalized spacial score (nSPS) is 11.3. The van der Waals surface area contributed by atoms with Gasteiger partial charge in [0.2, 0.25) is 0 Å². The van der Waals surface area contributed by atoms with Crippen molar-refractivity contribution in [1.82, 2.24) is 4.57 Å². The molecule has 0 spiro atoms. The maximum Gasteiger partial charge on any atom is 0.0541 e. The summed E-state index contributed by atoms with van der Waals surface area (Å²) in [7, 11) is 0. The van der Waals surface area contributed by atoms with Crippen LogP contribution in [0.15, 0.2) is 102 Å². The monoisotopic (exact) mass is 351 g/mol. The summed E-state index contributed by atoms with van der Waals surface area (Å²) >= 11 is 4.48. The van der Waals surface area contributed by atoms with Gasteiger partial charge in [-0.1, -0.05) is 54.6 Å². The molecule has 0 fully saturated rings. The van der Waals surface area contributed by atoms with Crippen molar-refractivity contribution in [2.75, 3.05) is 0 Å². The molecule has 2 heteroatoms. The Morgan fingerprint density at radius 2 is 1.27 bits per heavy atom. The summed E-state index contributed by atoms with van der Waals surface area (Å²) in [5.41, 5.74) is 6.04. The van der Waals surface area contributed by atoms with Crippen LogP contribution in [-0.2, 0) is 0 Å². The lowest BCUT2D eigenvalue weighted by Gasteiger charge is -2.08. The van der Waals surface area contributed by atoms with E-state index in [0.29, 0.717) is 0 Å². The maximum absolute atomic E-state index is 4.48. The number of hydrogen-bond donors (Lipinski definition) is 1. The van der Waals surface area contributed by atoms with Crippen LogP contribution in [0.2, 0.25) is 0 Å².